The molecule has 5 nitrogen and oxygen atoms in total. The van der Waals surface area contributed by atoms with E-state index >= 15 is 0 Å². The first-order valence-corrected chi connectivity index (χ1v) is 6.86. The number of alkyl halides is 1. The Kier molecular flexibility index (Phi) is 4.21. The second-order valence-corrected chi connectivity index (χ2v) is 4.65. The second-order valence-electron chi connectivity index (χ2n) is 4.09. The van der Waals surface area contributed by atoms with Gasteiger partial charge in [-0.2, -0.15) is 5.10 Å². The molecule has 2 rings (SSSR count). The fourth-order valence-electron chi connectivity index (χ4n) is 1.43. The van der Waals surface area contributed by atoms with Gasteiger partial charge >= 0.3 is 0 Å². The number of aryl methyl sites for hydroxylation is 2. The Hall–Kier alpha value is -1.82. The Morgan fingerprint density at radius 2 is 1.84 bits per heavy atom. The number of anilines is 1. The third-order valence-electron chi connectivity index (χ3n) is 2.69. The molecule has 0 aliphatic carbocycles. The van der Waals surface area contributed by atoms with Crippen LogP contribution in [0.15, 0.2) is 24.3 Å². The summed E-state index contributed by atoms with van der Waals surface area (Å²) in [4.78, 5) is 16.1. The monoisotopic (exact) mass is 320 g/mol. The molecule has 1 aromatic heterocycles. The predicted octanol–water partition coefficient (Wildman–Crippen LogP) is 2.64. The quantitative estimate of drug-likeness (QED) is 0.883. The molecule has 19 heavy (non-hydrogen) atoms. The van der Waals surface area contributed by atoms with Crippen LogP contribution >= 0.6 is 15.9 Å². The molecule has 1 heterocycles. The lowest BCUT2D eigenvalue weighted by atomic mass is 10.1. The lowest BCUT2D eigenvalue weighted by Crippen LogP contribution is -2.15. The molecule has 98 valence electrons. The van der Waals surface area contributed by atoms with Crippen LogP contribution in [0.2, 0.25) is 0 Å². The highest BCUT2D eigenvalue weighted by Crippen LogP contribution is 2.09. The van der Waals surface area contributed by atoms with E-state index in [1.165, 1.54) is 0 Å². The minimum atomic E-state index is -0.244. The number of carbonyl (C=O) groups excluding carboxylic acids is 1. The molecule has 0 atom stereocenters. The Bertz CT molecular complexity index is 598. The lowest BCUT2D eigenvalue weighted by Gasteiger charge is -2.05. The van der Waals surface area contributed by atoms with Crippen molar-refractivity contribution in [2.24, 2.45) is 0 Å². The van der Waals surface area contributed by atoms with E-state index in [4.69, 9.17) is 0 Å². The molecule has 0 spiro atoms. The van der Waals surface area contributed by atoms with Gasteiger partial charge in [-0.1, -0.05) is 28.1 Å². The van der Waals surface area contributed by atoms with Crippen molar-refractivity contribution < 1.29 is 4.79 Å². The van der Waals surface area contributed by atoms with E-state index in [0.29, 0.717) is 5.56 Å². The minimum absolute atomic E-state index is 0.220. The highest BCUT2D eigenvalue weighted by Gasteiger charge is 2.09. The highest BCUT2D eigenvalue weighted by molar-refractivity contribution is 9.08. The van der Waals surface area contributed by atoms with Gasteiger partial charge < -0.3 is 0 Å². The number of rotatable bonds is 3. The summed E-state index contributed by atoms with van der Waals surface area (Å²) in [6, 6.07) is 7.31. The third kappa shape index (κ3) is 3.35. The molecular formula is C13H13BrN4O. The van der Waals surface area contributed by atoms with Gasteiger partial charge in [0.05, 0.1) is 11.4 Å². The van der Waals surface area contributed by atoms with E-state index in [2.05, 4.69) is 36.4 Å². The fraction of sp³-hybridized carbons (Fsp3) is 0.231. The Labute approximate surface area is 119 Å². The third-order valence-corrected chi connectivity index (χ3v) is 3.34. The first-order chi connectivity index (χ1) is 9.10. The van der Waals surface area contributed by atoms with Gasteiger partial charge in [0.2, 0.25) is 5.95 Å². The normalized spacial score (nSPS) is 10.3. The summed E-state index contributed by atoms with van der Waals surface area (Å²) in [5.74, 6) is -0.0242. The van der Waals surface area contributed by atoms with Crippen molar-refractivity contribution in [2.45, 2.75) is 19.2 Å². The van der Waals surface area contributed by atoms with Crippen LogP contribution in [0.25, 0.3) is 0 Å². The Morgan fingerprint density at radius 3 is 2.42 bits per heavy atom. The van der Waals surface area contributed by atoms with Gasteiger partial charge in [-0.3, -0.25) is 10.1 Å². The van der Waals surface area contributed by atoms with Crippen LogP contribution in [0.4, 0.5) is 5.95 Å². The molecule has 0 bridgehead atoms. The van der Waals surface area contributed by atoms with Crippen molar-refractivity contribution in [1.82, 2.24) is 15.2 Å². The molecule has 0 radical (unpaired) electrons. The standard InChI is InChI=1S/C13H13BrN4O/c1-8-9(2)17-18-13(15-8)16-12(19)11-5-3-10(7-14)4-6-11/h3-6H,7H2,1-2H3,(H,15,16,18,19). The van der Waals surface area contributed by atoms with Crippen molar-refractivity contribution in [2.75, 3.05) is 5.32 Å². The van der Waals surface area contributed by atoms with Gasteiger partial charge in [0, 0.05) is 10.9 Å². The minimum Gasteiger partial charge on any atom is -0.289 e. The number of nitrogens with one attached hydrogen (secondary N) is 1. The zero-order chi connectivity index (χ0) is 13.8. The summed E-state index contributed by atoms with van der Waals surface area (Å²) in [5, 5.41) is 11.1. The number of hydrogen-bond donors (Lipinski definition) is 1. The molecule has 1 aromatic carbocycles. The molecule has 1 N–H and O–H groups in total. The Morgan fingerprint density at radius 1 is 1.16 bits per heavy atom. The summed E-state index contributed by atoms with van der Waals surface area (Å²) in [6.45, 7) is 3.64. The van der Waals surface area contributed by atoms with Crippen LogP contribution in [0, 0.1) is 13.8 Å². The first kappa shape index (κ1) is 13.6. The smallest absolute Gasteiger partial charge is 0.258 e. The molecule has 6 heteroatoms. The molecule has 0 aliphatic rings. The van der Waals surface area contributed by atoms with Crippen molar-refractivity contribution in [3.05, 3.63) is 46.8 Å². The van der Waals surface area contributed by atoms with E-state index in [1.54, 1.807) is 12.1 Å². The van der Waals surface area contributed by atoms with Gasteiger partial charge in [-0.05, 0) is 31.5 Å². The summed E-state index contributed by atoms with van der Waals surface area (Å²) in [7, 11) is 0. The molecule has 0 aliphatic heterocycles. The van der Waals surface area contributed by atoms with E-state index in [0.717, 1.165) is 22.3 Å². The van der Waals surface area contributed by atoms with Crippen LogP contribution in [0.1, 0.15) is 27.3 Å². The molecular weight excluding hydrogens is 308 g/mol. The number of amides is 1. The summed E-state index contributed by atoms with van der Waals surface area (Å²) in [5.41, 5.74) is 3.17. The van der Waals surface area contributed by atoms with Crippen LogP contribution in [-0.2, 0) is 5.33 Å². The van der Waals surface area contributed by atoms with Gasteiger partial charge in [-0.15, -0.1) is 5.10 Å². The van der Waals surface area contributed by atoms with E-state index in [1.807, 2.05) is 26.0 Å². The largest absolute Gasteiger partial charge is 0.289 e. The van der Waals surface area contributed by atoms with Gasteiger partial charge in [0.1, 0.15) is 0 Å². The van der Waals surface area contributed by atoms with Gasteiger partial charge in [-0.25, -0.2) is 4.98 Å². The average Bonchev–Trinajstić information content (AvgIpc) is 2.43. The zero-order valence-electron chi connectivity index (χ0n) is 10.6. The number of halogens is 1. The first-order valence-electron chi connectivity index (χ1n) is 5.74. The van der Waals surface area contributed by atoms with Crippen LogP contribution in [0.5, 0.6) is 0 Å². The number of carbonyl (C=O) groups is 1. The number of benzene rings is 1. The van der Waals surface area contributed by atoms with E-state index < -0.39 is 0 Å². The van der Waals surface area contributed by atoms with Crippen molar-refractivity contribution in [3.8, 4) is 0 Å². The Balaban J connectivity index is 2.13. The molecule has 1 amide bonds. The highest BCUT2D eigenvalue weighted by atomic mass is 79.9. The zero-order valence-corrected chi connectivity index (χ0v) is 12.2. The molecule has 2 aromatic rings. The average molecular weight is 321 g/mol. The van der Waals surface area contributed by atoms with E-state index in [-0.39, 0.29) is 11.9 Å². The summed E-state index contributed by atoms with van der Waals surface area (Å²) >= 11 is 3.36. The van der Waals surface area contributed by atoms with Gasteiger partial charge in [0.15, 0.2) is 0 Å². The summed E-state index contributed by atoms with van der Waals surface area (Å²) < 4.78 is 0. The maximum absolute atomic E-state index is 12.0. The molecule has 0 unspecified atom stereocenters. The lowest BCUT2D eigenvalue weighted by molar-refractivity contribution is 0.102. The second kappa shape index (κ2) is 5.88. The number of aromatic nitrogens is 3. The molecule has 0 saturated heterocycles. The topological polar surface area (TPSA) is 67.8 Å². The number of hydrogen-bond acceptors (Lipinski definition) is 4. The molecule has 0 saturated carbocycles. The van der Waals surface area contributed by atoms with Crippen molar-refractivity contribution in [3.63, 3.8) is 0 Å². The SMILES string of the molecule is Cc1nnc(NC(=O)c2ccc(CBr)cc2)nc1C. The van der Waals surface area contributed by atoms with Crippen LogP contribution in [-0.4, -0.2) is 21.1 Å². The van der Waals surface area contributed by atoms with E-state index in [9.17, 15) is 4.79 Å². The van der Waals surface area contributed by atoms with Crippen molar-refractivity contribution in [1.29, 1.82) is 0 Å². The van der Waals surface area contributed by atoms with Gasteiger partial charge in [0.25, 0.3) is 5.91 Å². The fourth-order valence-corrected chi connectivity index (χ4v) is 1.80. The maximum atomic E-state index is 12.0. The predicted molar refractivity (Wildman–Crippen MR) is 76.3 cm³/mol. The van der Waals surface area contributed by atoms with Crippen LogP contribution in [0.3, 0.4) is 0 Å². The molecule has 0 fully saturated rings. The van der Waals surface area contributed by atoms with Crippen LogP contribution < -0.4 is 5.32 Å². The van der Waals surface area contributed by atoms with Crippen molar-refractivity contribution >= 4 is 27.8 Å². The maximum Gasteiger partial charge on any atom is 0.258 e. The summed E-state index contributed by atoms with van der Waals surface area (Å²) in [6.07, 6.45) is 0. The number of nitrogens with zero attached hydrogens (tertiary/aromatic N) is 3.